The summed E-state index contributed by atoms with van der Waals surface area (Å²) in [6.07, 6.45) is 4.21. The van der Waals surface area contributed by atoms with Crippen molar-refractivity contribution in [2.75, 3.05) is 0 Å². The zero-order valence-electron chi connectivity index (χ0n) is 23.7. The Balaban J connectivity index is 1.36. The molecule has 0 saturated heterocycles. The summed E-state index contributed by atoms with van der Waals surface area (Å²) in [4.78, 5) is 26.3. The van der Waals surface area contributed by atoms with E-state index in [1.807, 2.05) is 60.7 Å². The number of hydrogen-bond donors (Lipinski definition) is 0. The molecule has 0 unspecified atom stereocenters. The van der Waals surface area contributed by atoms with Gasteiger partial charge in [-0.2, -0.15) is 0 Å². The minimum Gasteiger partial charge on any atom is -0.422 e. The summed E-state index contributed by atoms with van der Waals surface area (Å²) in [5.41, 5.74) is 5.13. The SMILES string of the molecule is CCCc1ccc2c(ccc3oc(=O)c(-c4cccc(-c5cc6c(ccc7cc(CCC)ccc76)oc5=O)c4)cc32)c1. The number of fused-ring (bicyclic) bond motifs is 6. The summed E-state index contributed by atoms with van der Waals surface area (Å²) in [6, 6.07) is 32.0. The fraction of sp³-hybridized carbons (Fsp3) is 0.158. The molecule has 4 nitrogen and oxygen atoms in total. The van der Waals surface area contributed by atoms with Gasteiger partial charge in [-0.05, 0) is 87.0 Å². The van der Waals surface area contributed by atoms with Crippen LogP contribution in [0.15, 0.2) is 115 Å². The maximum absolute atomic E-state index is 13.2. The average molecular weight is 551 g/mol. The van der Waals surface area contributed by atoms with Gasteiger partial charge in [-0.15, -0.1) is 0 Å². The van der Waals surface area contributed by atoms with Crippen LogP contribution in [0.4, 0.5) is 0 Å². The van der Waals surface area contributed by atoms with Gasteiger partial charge in [0.05, 0.1) is 11.1 Å². The van der Waals surface area contributed by atoms with Crippen molar-refractivity contribution >= 4 is 43.5 Å². The van der Waals surface area contributed by atoms with Gasteiger partial charge in [0.1, 0.15) is 11.2 Å². The molecule has 7 rings (SSSR count). The van der Waals surface area contributed by atoms with Crippen LogP contribution < -0.4 is 11.3 Å². The third kappa shape index (κ3) is 4.50. The number of benzene rings is 5. The first-order valence-electron chi connectivity index (χ1n) is 14.6. The van der Waals surface area contributed by atoms with E-state index in [2.05, 4.69) is 50.2 Å². The van der Waals surface area contributed by atoms with Crippen LogP contribution in [-0.4, -0.2) is 0 Å². The molecule has 42 heavy (non-hydrogen) atoms. The normalized spacial score (nSPS) is 11.7. The van der Waals surface area contributed by atoms with Crippen LogP contribution in [0.2, 0.25) is 0 Å². The molecule has 0 fully saturated rings. The molecule has 2 heterocycles. The Morgan fingerprint density at radius 2 is 0.976 bits per heavy atom. The monoisotopic (exact) mass is 550 g/mol. The number of aryl methyl sites for hydroxylation is 2. The van der Waals surface area contributed by atoms with Crippen LogP contribution in [-0.2, 0) is 12.8 Å². The van der Waals surface area contributed by atoms with E-state index < -0.39 is 11.3 Å². The molecule has 0 radical (unpaired) electrons. The molecule has 0 aliphatic rings. The average Bonchev–Trinajstić information content (AvgIpc) is 3.00. The molecule has 0 bridgehead atoms. The lowest BCUT2D eigenvalue weighted by Gasteiger charge is -2.10. The molecule has 0 N–H and O–H groups in total. The van der Waals surface area contributed by atoms with Gasteiger partial charge in [-0.3, -0.25) is 0 Å². The molecule has 0 aliphatic carbocycles. The molecule has 5 aromatic carbocycles. The first kappa shape index (κ1) is 26.0. The van der Waals surface area contributed by atoms with E-state index in [1.165, 1.54) is 11.1 Å². The molecule has 0 aliphatic heterocycles. The molecule has 7 aromatic rings. The predicted molar refractivity (Wildman–Crippen MR) is 172 cm³/mol. The highest BCUT2D eigenvalue weighted by Gasteiger charge is 2.15. The second kappa shape index (κ2) is 10.5. The molecule has 0 atom stereocenters. The lowest BCUT2D eigenvalue weighted by atomic mass is 9.96. The molecule has 0 spiro atoms. The van der Waals surface area contributed by atoms with Crippen molar-refractivity contribution in [3.8, 4) is 22.3 Å². The van der Waals surface area contributed by atoms with Gasteiger partial charge in [0, 0.05) is 10.8 Å². The van der Waals surface area contributed by atoms with Crippen LogP contribution in [0.25, 0.3) is 65.7 Å². The van der Waals surface area contributed by atoms with Crippen LogP contribution in [0.5, 0.6) is 0 Å². The van der Waals surface area contributed by atoms with Crippen molar-refractivity contribution in [2.45, 2.75) is 39.5 Å². The number of rotatable bonds is 6. The van der Waals surface area contributed by atoms with Crippen LogP contribution in [0, 0.1) is 0 Å². The van der Waals surface area contributed by atoms with Gasteiger partial charge in [0.15, 0.2) is 0 Å². The van der Waals surface area contributed by atoms with E-state index in [0.29, 0.717) is 33.4 Å². The Morgan fingerprint density at radius 1 is 0.500 bits per heavy atom. The van der Waals surface area contributed by atoms with E-state index in [-0.39, 0.29) is 0 Å². The first-order chi connectivity index (χ1) is 20.5. The summed E-state index contributed by atoms with van der Waals surface area (Å²) in [5, 5.41) is 6.08. The largest absolute Gasteiger partial charge is 0.422 e. The topological polar surface area (TPSA) is 60.4 Å². The van der Waals surface area contributed by atoms with E-state index in [0.717, 1.165) is 58.0 Å². The van der Waals surface area contributed by atoms with Crippen molar-refractivity contribution in [2.24, 2.45) is 0 Å². The Labute approximate surface area is 242 Å². The van der Waals surface area contributed by atoms with E-state index in [9.17, 15) is 9.59 Å². The zero-order chi connectivity index (χ0) is 28.8. The smallest absolute Gasteiger partial charge is 0.344 e. The van der Waals surface area contributed by atoms with Gasteiger partial charge < -0.3 is 8.83 Å². The van der Waals surface area contributed by atoms with Crippen molar-refractivity contribution in [3.63, 3.8) is 0 Å². The molecule has 206 valence electrons. The Hall–Kier alpha value is -4.96. The van der Waals surface area contributed by atoms with E-state index in [4.69, 9.17) is 8.83 Å². The predicted octanol–water partition coefficient (Wildman–Crippen LogP) is 9.44. The lowest BCUT2D eigenvalue weighted by molar-refractivity contribution is 0.564. The van der Waals surface area contributed by atoms with Crippen LogP contribution in [0.3, 0.4) is 0 Å². The highest BCUT2D eigenvalue weighted by Crippen LogP contribution is 2.32. The fourth-order valence-corrected chi connectivity index (χ4v) is 6.10. The minimum atomic E-state index is -0.416. The molecule has 0 amide bonds. The number of hydrogen-bond acceptors (Lipinski definition) is 4. The van der Waals surface area contributed by atoms with Gasteiger partial charge in [0.25, 0.3) is 0 Å². The lowest BCUT2D eigenvalue weighted by Crippen LogP contribution is -2.05. The second-order valence-corrected chi connectivity index (χ2v) is 11.0. The maximum atomic E-state index is 13.2. The minimum absolute atomic E-state index is 0.416. The third-order valence-corrected chi connectivity index (χ3v) is 8.16. The molecular formula is C38H30O4. The molecular weight excluding hydrogens is 520 g/mol. The Bertz CT molecular complexity index is 2110. The van der Waals surface area contributed by atoms with Crippen molar-refractivity contribution < 1.29 is 8.83 Å². The van der Waals surface area contributed by atoms with E-state index in [1.54, 1.807) is 0 Å². The van der Waals surface area contributed by atoms with Crippen LogP contribution >= 0.6 is 0 Å². The molecule has 0 saturated carbocycles. The summed E-state index contributed by atoms with van der Waals surface area (Å²) < 4.78 is 11.6. The Kier molecular flexibility index (Phi) is 6.47. The van der Waals surface area contributed by atoms with Gasteiger partial charge >= 0.3 is 11.3 Å². The van der Waals surface area contributed by atoms with Gasteiger partial charge in [0.2, 0.25) is 0 Å². The van der Waals surface area contributed by atoms with Crippen molar-refractivity contribution in [1.82, 2.24) is 0 Å². The summed E-state index contributed by atoms with van der Waals surface area (Å²) in [6.45, 7) is 4.35. The fourth-order valence-electron chi connectivity index (χ4n) is 6.10. The van der Waals surface area contributed by atoms with Crippen LogP contribution in [0.1, 0.15) is 37.8 Å². The molecule has 4 heteroatoms. The van der Waals surface area contributed by atoms with Crippen molar-refractivity contribution in [1.29, 1.82) is 0 Å². The maximum Gasteiger partial charge on any atom is 0.344 e. The van der Waals surface area contributed by atoms with Crippen molar-refractivity contribution in [3.05, 3.63) is 129 Å². The van der Waals surface area contributed by atoms with Gasteiger partial charge in [-0.25, -0.2) is 9.59 Å². The standard InChI is InChI=1S/C38H30O4/c1-3-6-23-10-14-29-27(18-23)12-16-35-33(29)21-31(37(39)41-35)25-8-5-9-26(20-25)32-22-34-30-15-11-24(7-4-2)19-28(30)13-17-36(34)42-38(32)40/h5,8-22H,3-4,6-7H2,1-2H3. The Morgan fingerprint density at radius 3 is 1.43 bits per heavy atom. The quantitative estimate of drug-likeness (QED) is 0.153. The first-order valence-corrected chi connectivity index (χ1v) is 14.6. The third-order valence-electron chi connectivity index (χ3n) is 8.16. The second-order valence-electron chi connectivity index (χ2n) is 11.0. The zero-order valence-corrected chi connectivity index (χ0v) is 23.7. The highest BCUT2D eigenvalue weighted by molar-refractivity contribution is 6.08. The summed E-state index contributed by atoms with van der Waals surface area (Å²) >= 11 is 0. The summed E-state index contributed by atoms with van der Waals surface area (Å²) in [7, 11) is 0. The highest BCUT2D eigenvalue weighted by atomic mass is 16.4. The van der Waals surface area contributed by atoms with E-state index >= 15 is 0 Å². The van der Waals surface area contributed by atoms with Gasteiger partial charge in [-0.1, -0.05) is 93.4 Å². The summed E-state index contributed by atoms with van der Waals surface area (Å²) in [5.74, 6) is 0. The molecule has 2 aromatic heterocycles.